The van der Waals surface area contributed by atoms with E-state index in [1.54, 1.807) is 16.7 Å². The topological polar surface area (TPSA) is 88.5 Å². The van der Waals surface area contributed by atoms with E-state index in [1.807, 2.05) is 37.3 Å². The molecule has 1 aromatic heterocycles. The van der Waals surface area contributed by atoms with Crippen LogP contribution in [-0.2, 0) is 14.9 Å². The van der Waals surface area contributed by atoms with Gasteiger partial charge in [0.05, 0.1) is 11.4 Å². The summed E-state index contributed by atoms with van der Waals surface area (Å²) >= 11 is 0. The first-order valence-corrected chi connectivity index (χ1v) is 12.7. The van der Waals surface area contributed by atoms with E-state index in [2.05, 4.69) is 31.4 Å². The average Bonchev–Trinajstić information content (AvgIpc) is 3.23. The summed E-state index contributed by atoms with van der Waals surface area (Å²) in [5.41, 5.74) is 2.68. The van der Waals surface area contributed by atoms with Crippen molar-refractivity contribution in [1.82, 2.24) is 20.0 Å². The Labute approximate surface area is 209 Å². The Morgan fingerprint density at radius 3 is 2.57 bits per heavy atom. The third kappa shape index (κ3) is 7.82. The van der Waals surface area contributed by atoms with Crippen LogP contribution in [0.5, 0.6) is 0 Å². The van der Waals surface area contributed by atoms with Gasteiger partial charge < -0.3 is 20.3 Å². The van der Waals surface area contributed by atoms with Gasteiger partial charge in [0.2, 0.25) is 5.91 Å². The minimum Gasteiger partial charge on any atom is -0.385 e. The van der Waals surface area contributed by atoms with Crippen molar-refractivity contribution in [3.8, 4) is 5.69 Å². The molecule has 0 bridgehead atoms. The van der Waals surface area contributed by atoms with Crippen LogP contribution in [0.15, 0.2) is 30.3 Å². The largest absolute Gasteiger partial charge is 0.385 e. The third-order valence-electron chi connectivity index (χ3n) is 6.32. The molecule has 1 aliphatic carbocycles. The SMILES string of the molecule is COCCCN(CC(=O)Nc1cc(C(C)(C)C)nn1-c1cccc(C)c1)C(=O)NC1CCCCC1. The number of rotatable bonds is 9. The minimum atomic E-state index is -0.254. The van der Waals surface area contributed by atoms with E-state index in [0.29, 0.717) is 25.4 Å². The van der Waals surface area contributed by atoms with E-state index >= 15 is 0 Å². The lowest BCUT2D eigenvalue weighted by Gasteiger charge is -2.28. The molecule has 0 unspecified atom stereocenters. The van der Waals surface area contributed by atoms with Crippen LogP contribution in [0.3, 0.4) is 0 Å². The highest BCUT2D eigenvalue weighted by atomic mass is 16.5. The molecule has 1 saturated carbocycles. The molecule has 1 heterocycles. The van der Waals surface area contributed by atoms with E-state index in [9.17, 15) is 9.59 Å². The molecule has 0 spiro atoms. The Kier molecular flexibility index (Phi) is 9.32. The second-order valence-corrected chi connectivity index (χ2v) is 10.5. The zero-order chi connectivity index (χ0) is 25.4. The number of anilines is 1. The number of ether oxygens (including phenoxy) is 1. The highest BCUT2D eigenvalue weighted by Crippen LogP contribution is 2.26. The van der Waals surface area contributed by atoms with Crippen molar-refractivity contribution >= 4 is 17.8 Å². The summed E-state index contributed by atoms with van der Waals surface area (Å²) in [5, 5.41) is 10.9. The number of nitrogens with zero attached hydrogens (tertiary/aromatic N) is 3. The Morgan fingerprint density at radius 1 is 1.17 bits per heavy atom. The Hall–Kier alpha value is -2.87. The number of carbonyl (C=O) groups is 2. The van der Waals surface area contributed by atoms with Crippen molar-refractivity contribution in [2.24, 2.45) is 0 Å². The fourth-order valence-corrected chi connectivity index (χ4v) is 4.31. The van der Waals surface area contributed by atoms with Crippen molar-refractivity contribution in [3.63, 3.8) is 0 Å². The summed E-state index contributed by atoms with van der Waals surface area (Å²) < 4.78 is 6.93. The predicted octanol–water partition coefficient (Wildman–Crippen LogP) is 4.80. The van der Waals surface area contributed by atoms with E-state index < -0.39 is 0 Å². The number of aryl methyl sites for hydroxylation is 1. The minimum absolute atomic E-state index is 0.0356. The van der Waals surface area contributed by atoms with E-state index in [1.165, 1.54) is 6.42 Å². The third-order valence-corrected chi connectivity index (χ3v) is 6.32. The van der Waals surface area contributed by atoms with Gasteiger partial charge in [-0.25, -0.2) is 9.48 Å². The molecule has 0 radical (unpaired) electrons. The smallest absolute Gasteiger partial charge is 0.318 e. The number of benzene rings is 1. The first-order chi connectivity index (χ1) is 16.7. The van der Waals surface area contributed by atoms with Gasteiger partial charge in [0.15, 0.2) is 0 Å². The quantitative estimate of drug-likeness (QED) is 0.502. The second kappa shape index (κ2) is 12.2. The molecule has 0 aliphatic heterocycles. The average molecular weight is 484 g/mol. The van der Waals surface area contributed by atoms with Crippen LogP contribution in [0.4, 0.5) is 10.6 Å². The fraction of sp³-hybridized carbons (Fsp3) is 0.593. The lowest BCUT2D eigenvalue weighted by atomic mass is 9.92. The van der Waals surface area contributed by atoms with Crippen molar-refractivity contribution in [3.05, 3.63) is 41.6 Å². The number of amides is 3. The van der Waals surface area contributed by atoms with Crippen LogP contribution in [0, 0.1) is 6.92 Å². The van der Waals surface area contributed by atoms with Gasteiger partial charge >= 0.3 is 6.03 Å². The van der Waals surface area contributed by atoms with Gasteiger partial charge in [-0.3, -0.25) is 4.79 Å². The Balaban J connectivity index is 1.76. The van der Waals surface area contributed by atoms with E-state index in [-0.39, 0.29) is 29.9 Å². The zero-order valence-electron chi connectivity index (χ0n) is 21.9. The van der Waals surface area contributed by atoms with Gasteiger partial charge in [0, 0.05) is 37.8 Å². The molecule has 2 N–H and O–H groups in total. The summed E-state index contributed by atoms with van der Waals surface area (Å²) in [6.07, 6.45) is 6.14. The molecule has 35 heavy (non-hydrogen) atoms. The van der Waals surface area contributed by atoms with Gasteiger partial charge in [-0.15, -0.1) is 0 Å². The van der Waals surface area contributed by atoms with Crippen LogP contribution in [0.2, 0.25) is 0 Å². The lowest BCUT2D eigenvalue weighted by Crippen LogP contribution is -2.48. The molecule has 3 rings (SSSR count). The molecular weight excluding hydrogens is 442 g/mol. The van der Waals surface area contributed by atoms with Crippen LogP contribution in [0.25, 0.3) is 5.69 Å². The number of hydrogen-bond donors (Lipinski definition) is 2. The molecule has 0 atom stereocenters. The van der Waals surface area contributed by atoms with Crippen LogP contribution >= 0.6 is 0 Å². The molecule has 1 aliphatic rings. The Bertz CT molecular complexity index is 989. The number of nitrogens with one attached hydrogen (secondary N) is 2. The van der Waals surface area contributed by atoms with Gasteiger partial charge in [-0.05, 0) is 43.9 Å². The van der Waals surface area contributed by atoms with Crippen LogP contribution in [-0.4, -0.2) is 59.5 Å². The summed E-state index contributed by atoms with van der Waals surface area (Å²) in [6, 6.07) is 9.91. The second-order valence-electron chi connectivity index (χ2n) is 10.5. The van der Waals surface area contributed by atoms with Crippen LogP contribution < -0.4 is 10.6 Å². The normalized spacial score (nSPS) is 14.5. The maximum Gasteiger partial charge on any atom is 0.318 e. The van der Waals surface area contributed by atoms with Gasteiger partial charge in [0.1, 0.15) is 12.4 Å². The Morgan fingerprint density at radius 2 is 1.91 bits per heavy atom. The number of carbonyl (C=O) groups excluding carboxylic acids is 2. The summed E-state index contributed by atoms with van der Waals surface area (Å²) in [5.74, 6) is 0.338. The number of methoxy groups -OCH3 is 1. The molecule has 3 amide bonds. The molecule has 8 heteroatoms. The summed E-state index contributed by atoms with van der Waals surface area (Å²) in [4.78, 5) is 27.8. The first-order valence-electron chi connectivity index (χ1n) is 12.7. The highest BCUT2D eigenvalue weighted by molar-refractivity contribution is 5.94. The molecule has 0 saturated heterocycles. The fourth-order valence-electron chi connectivity index (χ4n) is 4.31. The maximum absolute atomic E-state index is 13.2. The molecule has 192 valence electrons. The van der Waals surface area contributed by atoms with E-state index in [0.717, 1.165) is 42.6 Å². The van der Waals surface area contributed by atoms with Crippen molar-refractivity contribution in [2.75, 3.05) is 32.1 Å². The highest BCUT2D eigenvalue weighted by Gasteiger charge is 2.24. The molecular formula is C27H41N5O3. The maximum atomic E-state index is 13.2. The number of urea groups is 1. The van der Waals surface area contributed by atoms with Gasteiger partial charge in [-0.1, -0.05) is 52.2 Å². The molecule has 1 aromatic carbocycles. The number of aromatic nitrogens is 2. The molecule has 8 nitrogen and oxygen atoms in total. The standard InChI is InChI=1S/C27H41N5O3/c1-20-11-9-14-22(17-20)32-24(18-23(30-32)27(2,3)4)29-25(33)19-31(15-10-16-35-5)26(34)28-21-12-7-6-8-13-21/h9,11,14,17-18,21H,6-8,10,12-13,15-16,19H2,1-5H3,(H,28,34)(H,29,33). The van der Waals surface area contributed by atoms with Gasteiger partial charge in [-0.2, -0.15) is 5.10 Å². The molecule has 2 aromatic rings. The van der Waals surface area contributed by atoms with Crippen molar-refractivity contribution < 1.29 is 14.3 Å². The van der Waals surface area contributed by atoms with Gasteiger partial charge in [0.25, 0.3) is 0 Å². The van der Waals surface area contributed by atoms with E-state index in [4.69, 9.17) is 9.84 Å². The summed E-state index contributed by atoms with van der Waals surface area (Å²) in [7, 11) is 1.64. The van der Waals surface area contributed by atoms with Crippen LogP contribution in [0.1, 0.15) is 70.6 Å². The monoisotopic (exact) mass is 483 g/mol. The molecule has 1 fully saturated rings. The predicted molar refractivity (Wildman–Crippen MR) is 139 cm³/mol. The first kappa shape index (κ1) is 26.7. The number of hydrogen-bond acceptors (Lipinski definition) is 4. The van der Waals surface area contributed by atoms with Crippen molar-refractivity contribution in [2.45, 2.75) is 77.7 Å². The summed E-state index contributed by atoms with van der Waals surface area (Å²) in [6.45, 7) is 9.25. The zero-order valence-corrected chi connectivity index (χ0v) is 21.9. The van der Waals surface area contributed by atoms with Crippen molar-refractivity contribution in [1.29, 1.82) is 0 Å². The lowest BCUT2D eigenvalue weighted by molar-refractivity contribution is -0.116.